The highest BCUT2D eigenvalue weighted by Gasteiger charge is 2.10. The third-order valence-corrected chi connectivity index (χ3v) is 2.87. The van der Waals surface area contributed by atoms with E-state index in [4.69, 9.17) is 4.74 Å². The Morgan fingerprint density at radius 1 is 1.50 bits per heavy atom. The fourth-order valence-corrected chi connectivity index (χ4v) is 1.82. The van der Waals surface area contributed by atoms with Crippen LogP contribution in [0.3, 0.4) is 0 Å². The summed E-state index contributed by atoms with van der Waals surface area (Å²) >= 11 is 3.35. The van der Waals surface area contributed by atoms with Gasteiger partial charge >= 0.3 is 0 Å². The third kappa shape index (κ3) is 3.94. The number of rotatable bonds is 5. The quantitative estimate of drug-likeness (QED) is 0.903. The van der Waals surface area contributed by atoms with E-state index in [1.165, 1.54) is 0 Å². The van der Waals surface area contributed by atoms with E-state index in [2.05, 4.69) is 21.2 Å². The van der Waals surface area contributed by atoms with Crippen LogP contribution in [0.15, 0.2) is 28.7 Å². The number of halogens is 1. The predicted molar refractivity (Wildman–Crippen MR) is 67.5 cm³/mol. The van der Waals surface area contributed by atoms with Gasteiger partial charge in [0.15, 0.2) is 0 Å². The monoisotopic (exact) mass is 285 g/mol. The minimum absolute atomic E-state index is 0.0598. The third-order valence-electron chi connectivity index (χ3n) is 2.18. The van der Waals surface area contributed by atoms with Crippen molar-refractivity contribution < 1.29 is 9.53 Å². The van der Waals surface area contributed by atoms with E-state index in [1.54, 1.807) is 13.2 Å². The maximum absolute atomic E-state index is 11.8. The second-order valence-electron chi connectivity index (χ2n) is 3.75. The van der Waals surface area contributed by atoms with Crippen molar-refractivity contribution in [3.8, 4) is 0 Å². The Balaban J connectivity index is 2.50. The molecule has 1 N–H and O–H groups in total. The molecule has 1 rings (SSSR count). The summed E-state index contributed by atoms with van der Waals surface area (Å²) in [6, 6.07) is 7.38. The summed E-state index contributed by atoms with van der Waals surface area (Å²) in [5, 5.41) is 2.88. The van der Waals surface area contributed by atoms with Crippen LogP contribution in [-0.4, -0.2) is 26.2 Å². The molecule has 0 radical (unpaired) electrons. The standard InChI is InChI=1S/C12H16BrNO2/c1-9(8-16-2)7-14-12(15)10-5-3-4-6-11(10)13/h3-6,9H,7-8H2,1-2H3,(H,14,15). The molecule has 1 amide bonds. The molecular weight excluding hydrogens is 270 g/mol. The molecule has 0 heterocycles. The van der Waals surface area contributed by atoms with E-state index in [1.807, 2.05) is 25.1 Å². The Bertz CT molecular complexity index is 355. The Hall–Kier alpha value is -0.870. The lowest BCUT2D eigenvalue weighted by Gasteiger charge is -2.12. The zero-order valence-electron chi connectivity index (χ0n) is 9.50. The van der Waals surface area contributed by atoms with Gasteiger partial charge in [-0.2, -0.15) is 0 Å². The highest BCUT2D eigenvalue weighted by atomic mass is 79.9. The van der Waals surface area contributed by atoms with Crippen molar-refractivity contribution >= 4 is 21.8 Å². The Labute approximate surface area is 104 Å². The van der Waals surface area contributed by atoms with Gasteiger partial charge < -0.3 is 10.1 Å². The summed E-state index contributed by atoms with van der Waals surface area (Å²) in [6.45, 7) is 3.30. The maximum Gasteiger partial charge on any atom is 0.252 e. The zero-order valence-corrected chi connectivity index (χ0v) is 11.1. The molecule has 16 heavy (non-hydrogen) atoms. The van der Waals surface area contributed by atoms with Crippen molar-refractivity contribution in [1.82, 2.24) is 5.32 Å². The lowest BCUT2D eigenvalue weighted by molar-refractivity contribution is 0.0933. The zero-order chi connectivity index (χ0) is 12.0. The Morgan fingerprint density at radius 2 is 2.19 bits per heavy atom. The molecule has 1 aromatic carbocycles. The number of methoxy groups -OCH3 is 1. The van der Waals surface area contributed by atoms with Crippen LogP contribution in [0.4, 0.5) is 0 Å². The number of hydrogen-bond donors (Lipinski definition) is 1. The van der Waals surface area contributed by atoms with Crippen molar-refractivity contribution in [1.29, 1.82) is 0 Å². The van der Waals surface area contributed by atoms with Gasteiger partial charge in [0.2, 0.25) is 0 Å². The van der Waals surface area contributed by atoms with Crippen LogP contribution in [0.5, 0.6) is 0 Å². The molecule has 0 aromatic heterocycles. The molecule has 3 nitrogen and oxygen atoms in total. The first-order chi connectivity index (χ1) is 7.65. The summed E-state index contributed by atoms with van der Waals surface area (Å²) < 4.78 is 5.82. The van der Waals surface area contributed by atoms with E-state index in [0.29, 0.717) is 24.6 Å². The smallest absolute Gasteiger partial charge is 0.252 e. The first-order valence-electron chi connectivity index (χ1n) is 5.16. The van der Waals surface area contributed by atoms with Gasteiger partial charge in [-0.25, -0.2) is 0 Å². The van der Waals surface area contributed by atoms with Gasteiger partial charge in [-0.15, -0.1) is 0 Å². The number of hydrogen-bond acceptors (Lipinski definition) is 2. The van der Waals surface area contributed by atoms with Crippen LogP contribution in [0, 0.1) is 5.92 Å². The summed E-state index contributed by atoms with van der Waals surface area (Å²) in [5.41, 5.74) is 0.659. The molecule has 1 unspecified atom stereocenters. The molecule has 88 valence electrons. The van der Waals surface area contributed by atoms with E-state index in [0.717, 1.165) is 4.47 Å². The van der Waals surface area contributed by atoms with Crippen LogP contribution in [-0.2, 0) is 4.74 Å². The number of amides is 1. The first-order valence-corrected chi connectivity index (χ1v) is 5.96. The molecule has 0 saturated carbocycles. The van der Waals surface area contributed by atoms with Gasteiger partial charge in [-0.1, -0.05) is 19.1 Å². The number of benzene rings is 1. The molecule has 1 atom stereocenters. The minimum Gasteiger partial charge on any atom is -0.384 e. The second kappa shape index (κ2) is 6.66. The number of carbonyl (C=O) groups is 1. The van der Waals surface area contributed by atoms with Gasteiger partial charge in [0, 0.05) is 18.1 Å². The second-order valence-corrected chi connectivity index (χ2v) is 4.60. The van der Waals surface area contributed by atoms with Crippen molar-refractivity contribution in [2.24, 2.45) is 5.92 Å². The molecule has 0 aliphatic heterocycles. The first kappa shape index (κ1) is 13.2. The minimum atomic E-state index is -0.0598. The van der Waals surface area contributed by atoms with E-state index in [-0.39, 0.29) is 5.91 Å². The topological polar surface area (TPSA) is 38.3 Å². The Kier molecular flexibility index (Phi) is 5.49. The Morgan fingerprint density at radius 3 is 2.81 bits per heavy atom. The van der Waals surface area contributed by atoms with Crippen molar-refractivity contribution in [3.63, 3.8) is 0 Å². The highest BCUT2D eigenvalue weighted by Crippen LogP contribution is 2.15. The molecule has 4 heteroatoms. The highest BCUT2D eigenvalue weighted by molar-refractivity contribution is 9.10. The lowest BCUT2D eigenvalue weighted by atomic mass is 10.1. The molecule has 0 saturated heterocycles. The lowest BCUT2D eigenvalue weighted by Crippen LogP contribution is -2.30. The number of ether oxygens (including phenoxy) is 1. The molecule has 1 aromatic rings. The molecule has 0 bridgehead atoms. The fraction of sp³-hybridized carbons (Fsp3) is 0.417. The molecule has 0 aliphatic rings. The molecular formula is C12H16BrNO2. The van der Waals surface area contributed by atoms with Crippen molar-refractivity contribution in [2.75, 3.05) is 20.3 Å². The van der Waals surface area contributed by atoms with Crippen LogP contribution in [0.25, 0.3) is 0 Å². The molecule has 0 aliphatic carbocycles. The van der Waals surface area contributed by atoms with Gasteiger partial charge in [0.25, 0.3) is 5.91 Å². The van der Waals surface area contributed by atoms with Gasteiger partial charge in [-0.05, 0) is 34.0 Å². The molecule has 0 fully saturated rings. The maximum atomic E-state index is 11.8. The van der Waals surface area contributed by atoms with Gasteiger partial charge in [0.1, 0.15) is 0 Å². The number of nitrogens with one attached hydrogen (secondary N) is 1. The summed E-state index contributed by atoms with van der Waals surface area (Å²) in [6.07, 6.45) is 0. The number of carbonyl (C=O) groups excluding carboxylic acids is 1. The SMILES string of the molecule is COCC(C)CNC(=O)c1ccccc1Br. The van der Waals surface area contributed by atoms with Crippen molar-refractivity contribution in [3.05, 3.63) is 34.3 Å². The van der Waals surface area contributed by atoms with Crippen LogP contribution >= 0.6 is 15.9 Å². The van der Waals surface area contributed by atoms with Gasteiger partial charge in [-0.3, -0.25) is 4.79 Å². The van der Waals surface area contributed by atoms with Crippen molar-refractivity contribution in [2.45, 2.75) is 6.92 Å². The van der Waals surface area contributed by atoms with E-state index < -0.39 is 0 Å². The summed E-state index contributed by atoms with van der Waals surface area (Å²) in [7, 11) is 1.66. The average molecular weight is 286 g/mol. The van der Waals surface area contributed by atoms with Gasteiger partial charge in [0.05, 0.1) is 12.2 Å². The average Bonchev–Trinajstić information content (AvgIpc) is 2.27. The van der Waals surface area contributed by atoms with E-state index in [9.17, 15) is 4.79 Å². The van der Waals surface area contributed by atoms with E-state index >= 15 is 0 Å². The van der Waals surface area contributed by atoms with Crippen LogP contribution in [0.1, 0.15) is 17.3 Å². The van der Waals surface area contributed by atoms with Crippen LogP contribution < -0.4 is 5.32 Å². The summed E-state index contributed by atoms with van der Waals surface area (Å²) in [4.78, 5) is 11.8. The summed E-state index contributed by atoms with van der Waals surface area (Å²) in [5.74, 6) is 0.256. The fourth-order valence-electron chi connectivity index (χ4n) is 1.35. The largest absolute Gasteiger partial charge is 0.384 e. The normalized spacial score (nSPS) is 12.2. The predicted octanol–water partition coefficient (Wildman–Crippen LogP) is 2.46. The molecule has 0 spiro atoms. The van der Waals surface area contributed by atoms with Crippen LogP contribution in [0.2, 0.25) is 0 Å².